The smallest absolute Gasteiger partial charge is 0.326 e. The second-order valence-corrected chi connectivity index (χ2v) is 7.88. The molecule has 0 aliphatic carbocycles. The first kappa shape index (κ1) is 20.4. The van der Waals surface area contributed by atoms with E-state index in [2.05, 4.69) is 10.0 Å². The van der Waals surface area contributed by atoms with Crippen LogP contribution in [-0.2, 0) is 14.8 Å². The summed E-state index contributed by atoms with van der Waals surface area (Å²) in [5.74, 6) is -1.79. The third kappa shape index (κ3) is 5.07. The lowest BCUT2D eigenvalue weighted by atomic mass is 10.1. The number of carboxylic acid groups (broad SMARTS) is 1. The van der Waals surface area contributed by atoms with Gasteiger partial charge >= 0.3 is 5.97 Å². The summed E-state index contributed by atoms with van der Waals surface area (Å²) in [5.41, 5.74) is 1.86. The Bertz CT molecular complexity index is 970. The van der Waals surface area contributed by atoms with Crippen LogP contribution in [0, 0.1) is 13.8 Å². The molecule has 3 N–H and O–H groups in total. The van der Waals surface area contributed by atoms with Crippen LogP contribution in [0.2, 0.25) is 0 Å². The van der Waals surface area contributed by atoms with E-state index in [4.69, 9.17) is 5.11 Å². The lowest BCUT2D eigenvalue weighted by Crippen LogP contribution is -2.40. The Labute approximate surface area is 158 Å². The minimum atomic E-state index is -3.91. The highest BCUT2D eigenvalue weighted by atomic mass is 32.2. The number of aliphatic carboxylic acids is 1. The Balaban J connectivity index is 2.33. The number of benzene rings is 2. The minimum absolute atomic E-state index is 0.0416. The summed E-state index contributed by atoms with van der Waals surface area (Å²) in [6.45, 7) is 5.11. The van der Waals surface area contributed by atoms with Gasteiger partial charge in [-0.2, -0.15) is 0 Å². The van der Waals surface area contributed by atoms with E-state index in [-0.39, 0.29) is 16.9 Å². The van der Waals surface area contributed by atoms with Gasteiger partial charge < -0.3 is 10.4 Å². The largest absolute Gasteiger partial charge is 0.480 e. The van der Waals surface area contributed by atoms with Crippen molar-refractivity contribution >= 4 is 27.6 Å². The van der Waals surface area contributed by atoms with E-state index < -0.39 is 27.9 Å². The van der Waals surface area contributed by atoms with Gasteiger partial charge in [-0.15, -0.1) is 0 Å². The molecule has 8 heteroatoms. The van der Waals surface area contributed by atoms with Crippen molar-refractivity contribution in [2.24, 2.45) is 0 Å². The van der Waals surface area contributed by atoms with E-state index in [1.54, 1.807) is 32.0 Å². The van der Waals surface area contributed by atoms with Crippen molar-refractivity contribution in [2.45, 2.75) is 38.1 Å². The van der Waals surface area contributed by atoms with Crippen LogP contribution in [0.1, 0.15) is 34.8 Å². The van der Waals surface area contributed by atoms with Crippen LogP contribution in [0.25, 0.3) is 0 Å². The van der Waals surface area contributed by atoms with Gasteiger partial charge in [-0.3, -0.25) is 9.52 Å². The maximum atomic E-state index is 12.8. The van der Waals surface area contributed by atoms with Crippen molar-refractivity contribution < 1.29 is 23.1 Å². The maximum Gasteiger partial charge on any atom is 0.326 e. The standard InChI is InChI=1S/C19H22N2O5S/c1-4-16(19(23)24)20-18(22)14-9-8-13(3)17(11-14)27(25,26)21-15-7-5-6-12(2)10-15/h5-11,16,21H,4H2,1-3H3,(H,20,22)(H,23,24). The molecule has 2 aromatic carbocycles. The number of carbonyl (C=O) groups is 2. The van der Waals surface area contributed by atoms with Gasteiger partial charge in [0.1, 0.15) is 6.04 Å². The third-order valence-electron chi connectivity index (χ3n) is 4.02. The molecule has 0 aromatic heterocycles. The summed E-state index contributed by atoms with van der Waals surface area (Å²) in [4.78, 5) is 23.4. The summed E-state index contributed by atoms with van der Waals surface area (Å²) < 4.78 is 28.0. The molecule has 2 aromatic rings. The molecular weight excluding hydrogens is 368 g/mol. The van der Waals surface area contributed by atoms with Gasteiger partial charge in [0.2, 0.25) is 0 Å². The van der Waals surface area contributed by atoms with Crippen molar-refractivity contribution in [3.05, 3.63) is 59.2 Å². The number of sulfonamides is 1. The summed E-state index contributed by atoms with van der Waals surface area (Å²) in [5, 5.41) is 11.4. The maximum absolute atomic E-state index is 12.8. The quantitative estimate of drug-likeness (QED) is 0.673. The molecule has 0 aliphatic rings. The lowest BCUT2D eigenvalue weighted by Gasteiger charge is -2.14. The van der Waals surface area contributed by atoms with Gasteiger partial charge in [0.15, 0.2) is 0 Å². The first-order valence-corrected chi connectivity index (χ1v) is 9.86. The van der Waals surface area contributed by atoms with Gasteiger partial charge in [-0.25, -0.2) is 13.2 Å². The molecule has 0 saturated carbocycles. The van der Waals surface area contributed by atoms with E-state index in [9.17, 15) is 18.0 Å². The normalized spacial score (nSPS) is 12.3. The zero-order valence-electron chi connectivity index (χ0n) is 15.3. The Morgan fingerprint density at radius 2 is 1.81 bits per heavy atom. The molecule has 0 bridgehead atoms. The van der Waals surface area contributed by atoms with Crippen LogP contribution in [0.3, 0.4) is 0 Å². The number of rotatable bonds is 7. The van der Waals surface area contributed by atoms with Crippen LogP contribution in [-0.4, -0.2) is 31.4 Å². The molecule has 144 valence electrons. The zero-order chi connectivity index (χ0) is 20.2. The molecule has 0 spiro atoms. The van der Waals surface area contributed by atoms with Gasteiger partial charge in [0.05, 0.1) is 4.90 Å². The highest BCUT2D eigenvalue weighted by Gasteiger charge is 2.22. The van der Waals surface area contributed by atoms with Crippen LogP contribution >= 0.6 is 0 Å². The summed E-state index contributed by atoms with van der Waals surface area (Å²) >= 11 is 0. The van der Waals surface area contributed by atoms with Crippen LogP contribution in [0.4, 0.5) is 5.69 Å². The van der Waals surface area contributed by atoms with Crippen molar-refractivity contribution in [3.63, 3.8) is 0 Å². The van der Waals surface area contributed by atoms with Gasteiger partial charge in [0.25, 0.3) is 15.9 Å². The molecular formula is C19H22N2O5S. The number of hydrogen-bond donors (Lipinski definition) is 3. The van der Waals surface area contributed by atoms with Gasteiger partial charge in [-0.1, -0.05) is 25.1 Å². The molecule has 1 amide bonds. The molecule has 0 aliphatic heterocycles. The van der Waals surface area contributed by atoms with E-state index >= 15 is 0 Å². The Morgan fingerprint density at radius 1 is 1.11 bits per heavy atom. The van der Waals surface area contributed by atoms with Crippen molar-refractivity contribution in [3.8, 4) is 0 Å². The molecule has 0 heterocycles. The molecule has 1 atom stereocenters. The predicted octanol–water partition coefficient (Wildman–Crippen LogP) is 2.70. The first-order chi connectivity index (χ1) is 12.6. The fourth-order valence-electron chi connectivity index (χ4n) is 2.53. The number of amides is 1. The monoisotopic (exact) mass is 390 g/mol. The number of nitrogens with one attached hydrogen (secondary N) is 2. The highest BCUT2D eigenvalue weighted by molar-refractivity contribution is 7.92. The predicted molar refractivity (Wildman–Crippen MR) is 102 cm³/mol. The number of aryl methyl sites for hydroxylation is 2. The van der Waals surface area contributed by atoms with E-state index in [0.717, 1.165) is 5.56 Å². The molecule has 0 fully saturated rings. The average Bonchev–Trinajstić information content (AvgIpc) is 2.59. The molecule has 7 nitrogen and oxygen atoms in total. The second-order valence-electron chi connectivity index (χ2n) is 6.23. The molecule has 0 radical (unpaired) electrons. The topological polar surface area (TPSA) is 113 Å². The van der Waals surface area contributed by atoms with E-state index in [0.29, 0.717) is 11.3 Å². The number of hydrogen-bond acceptors (Lipinski definition) is 4. The van der Waals surface area contributed by atoms with E-state index in [1.807, 2.05) is 13.0 Å². The molecule has 2 rings (SSSR count). The lowest BCUT2D eigenvalue weighted by molar-refractivity contribution is -0.139. The Morgan fingerprint density at radius 3 is 2.41 bits per heavy atom. The Kier molecular flexibility index (Phi) is 6.22. The van der Waals surface area contributed by atoms with Crippen LogP contribution < -0.4 is 10.0 Å². The molecule has 27 heavy (non-hydrogen) atoms. The van der Waals surface area contributed by atoms with E-state index in [1.165, 1.54) is 18.2 Å². The minimum Gasteiger partial charge on any atom is -0.480 e. The van der Waals surface area contributed by atoms with Gasteiger partial charge in [-0.05, 0) is 55.7 Å². The number of anilines is 1. The summed E-state index contributed by atoms with van der Waals surface area (Å²) in [6, 6.07) is 10.1. The second kappa shape index (κ2) is 8.22. The van der Waals surface area contributed by atoms with Gasteiger partial charge in [0, 0.05) is 11.3 Å². The van der Waals surface area contributed by atoms with Crippen molar-refractivity contribution in [1.82, 2.24) is 5.32 Å². The SMILES string of the molecule is CCC(NC(=O)c1ccc(C)c(S(=O)(=O)Nc2cccc(C)c2)c1)C(=O)O. The molecule has 0 saturated heterocycles. The average molecular weight is 390 g/mol. The summed E-state index contributed by atoms with van der Waals surface area (Å²) in [6.07, 6.45) is 0.215. The fourth-order valence-corrected chi connectivity index (χ4v) is 3.85. The molecule has 1 unspecified atom stereocenters. The fraction of sp³-hybridized carbons (Fsp3) is 0.263. The summed E-state index contributed by atoms with van der Waals surface area (Å²) in [7, 11) is -3.91. The Hall–Kier alpha value is -2.87. The highest BCUT2D eigenvalue weighted by Crippen LogP contribution is 2.21. The van der Waals surface area contributed by atoms with Crippen LogP contribution in [0.15, 0.2) is 47.4 Å². The van der Waals surface area contributed by atoms with Crippen molar-refractivity contribution in [1.29, 1.82) is 0 Å². The van der Waals surface area contributed by atoms with Crippen LogP contribution in [0.5, 0.6) is 0 Å². The third-order valence-corrected chi connectivity index (χ3v) is 5.55. The van der Waals surface area contributed by atoms with Crippen molar-refractivity contribution in [2.75, 3.05) is 4.72 Å². The zero-order valence-corrected chi connectivity index (χ0v) is 16.1. The number of carboxylic acids is 1. The first-order valence-electron chi connectivity index (χ1n) is 8.38. The number of carbonyl (C=O) groups excluding carboxylic acids is 1.